The van der Waals surface area contributed by atoms with Crippen LogP contribution in [-0.2, 0) is 4.79 Å². The van der Waals surface area contributed by atoms with Crippen molar-refractivity contribution in [2.45, 2.75) is 25.6 Å². The van der Waals surface area contributed by atoms with Gasteiger partial charge in [0.25, 0.3) is 0 Å². The number of carbonyl (C=O) groups is 1. The number of aldehydes is 1. The van der Waals surface area contributed by atoms with Crippen molar-refractivity contribution in [3.05, 3.63) is 24.3 Å². The second-order valence-electron chi connectivity index (χ2n) is 3.51. The van der Waals surface area contributed by atoms with Crippen molar-refractivity contribution in [3.8, 4) is 11.5 Å². The third-order valence-corrected chi connectivity index (χ3v) is 2.05. The van der Waals surface area contributed by atoms with Crippen molar-refractivity contribution < 1.29 is 27.4 Å². The summed E-state index contributed by atoms with van der Waals surface area (Å²) in [5, 5.41) is 0. The van der Waals surface area contributed by atoms with Crippen LogP contribution in [0.2, 0.25) is 0 Å². The molecular formula is C12H13F3O3. The average molecular weight is 262 g/mol. The van der Waals surface area contributed by atoms with Crippen LogP contribution in [0.5, 0.6) is 11.5 Å². The lowest BCUT2D eigenvalue weighted by Gasteiger charge is -2.13. The number of carbonyl (C=O) groups excluding carboxylic acids is 1. The van der Waals surface area contributed by atoms with Crippen molar-refractivity contribution in [3.63, 3.8) is 0 Å². The van der Waals surface area contributed by atoms with Gasteiger partial charge in [-0.3, -0.25) is 0 Å². The monoisotopic (exact) mass is 262 g/mol. The van der Waals surface area contributed by atoms with Crippen LogP contribution in [0.3, 0.4) is 0 Å². The Morgan fingerprint density at radius 3 is 2.39 bits per heavy atom. The first-order chi connectivity index (χ1) is 8.53. The average Bonchev–Trinajstić information content (AvgIpc) is 2.29. The zero-order valence-electron chi connectivity index (χ0n) is 9.57. The summed E-state index contributed by atoms with van der Waals surface area (Å²) >= 11 is 0. The number of para-hydroxylation sites is 2. The summed E-state index contributed by atoms with van der Waals surface area (Å²) in [7, 11) is 0. The van der Waals surface area contributed by atoms with E-state index in [9.17, 15) is 18.0 Å². The molecular weight excluding hydrogens is 249 g/mol. The summed E-state index contributed by atoms with van der Waals surface area (Å²) in [6.45, 7) is 0.242. The summed E-state index contributed by atoms with van der Waals surface area (Å²) < 4.78 is 45.3. The molecule has 0 aliphatic carbocycles. The summed E-state index contributed by atoms with van der Waals surface area (Å²) in [4.78, 5) is 10.1. The molecule has 3 nitrogen and oxygen atoms in total. The number of rotatable bonds is 7. The second kappa shape index (κ2) is 6.88. The van der Waals surface area contributed by atoms with Gasteiger partial charge in [-0.15, -0.1) is 13.2 Å². The predicted octanol–water partition coefficient (Wildman–Crippen LogP) is 3.33. The topological polar surface area (TPSA) is 35.5 Å². The van der Waals surface area contributed by atoms with E-state index in [0.717, 1.165) is 6.29 Å². The Morgan fingerprint density at radius 1 is 1.11 bits per heavy atom. The largest absolute Gasteiger partial charge is 0.573 e. The van der Waals surface area contributed by atoms with Crippen LogP contribution in [0.1, 0.15) is 19.3 Å². The van der Waals surface area contributed by atoms with Gasteiger partial charge in [-0.05, 0) is 25.0 Å². The van der Waals surface area contributed by atoms with Crippen molar-refractivity contribution in [2.75, 3.05) is 6.61 Å². The molecule has 0 saturated carbocycles. The van der Waals surface area contributed by atoms with Gasteiger partial charge >= 0.3 is 6.36 Å². The first-order valence-corrected chi connectivity index (χ1v) is 5.44. The van der Waals surface area contributed by atoms with E-state index in [1.165, 1.54) is 18.2 Å². The zero-order valence-corrected chi connectivity index (χ0v) is 9.57. The van der Waals surface area contributed by atoms with E-state index in [-0.39, 0.29) is 18.1 Å². The Labute approximate surface area is 103 Å². The molecule has 0 aliphatic heterocycles. The van der Waals surface area contributed by atoms with Gasteiger partial charge in [0, 0.05) is 6.42 Å². The lowest BCUT2D eigenvalue weighted by Crippen LogP contribution is -2.17. The third kappa shape index (κ3) is 5.56. The SMILES string of the molecule is O=CCCCCOc1ccccc1OC(F)(F)F. The first-order valence-electron chi connectivity index (χ1n) is 5.44. The summed E-state index contributed by atoms with van der Waals surface area (Å²) in [6.07, 6.45) is -2.29. The molecule has 0 aromatic heterocycles. The van der Waals surface area contributed by atoms with Gasteiger partial charge in [-0.1, -0.05) is 12.1 Å². The van der Waals surface area contributed by atoms with E-state index < -0.39 is 6.36 Å². The van der Waals surface area contributed by atoms with Crippen LogP contribution in [0.15, 0.2) is 24.3 Å². The molecule has 0 N–H and O–H groups in total. The molecule has 18 heavy (non-hydrogen) atoms. The standard InChI is InChI=1S/C12H13F3O3/c13-12(14,15)18-11-7-3-2-6-10(11)17-9-5-1-4-8-16/h2-3,6-8H,1,4-5,9H2. The minimum Gasteiger partial charge on any atom is -0.490 e. The normalized spacial score (nSPS) is 11.1. The van der Waals surface area contributed by atoms with Crippen molar-refractivity contribution in [1.29, 1.82) is 0 Å². The van der Waals surface area contributed by atoms with E-state index in [4.69, 9.17) is 4.74 Å². The van der Waals surface area contributed by atoms with Crippen LogP contribution < -0.4 is 9.47 Å². The number of benzene rings is 1. The van der Waals surface area contributed by atoms with Gasteiger partial charge in [0.05, 0.1) is 6.61 Å². The van der Waals surface area contributed by atoms with Gasteiger partial charge in [0.15, 0.2) is 11.5 Å². The zero-order chi connectivity index (χ0) is 13.4. The van der Waals surface area contributed by atoms with Gasteiger partial charge in [0.1, 0.15) is 6.29 Å². The number of hydrogen-bond acceptors (Lipinski definition) is 3. The van der Waals surface area contributed by atoms with Crippen molar-refractivity contribution in [2.24, 2.45) is 0 Å². The third-order valence-electron chi connectivity index (χ3n) is 2.05. The molecule has 0 amide bonds. The van der Waals surface area contributed by atoms with Gasteiger partial charge < -0.3 is 14.3 Å². The minimum absolute atomic E-state index is 0.0425. The molecule has 0 unspecified atom stereocenters. The highest BCUT2D eigenvalue weighted by Gasteiger charge is 2.32. The molecule has 0 spiro atoms. The summed E-state index contributed by atoms with van der Waals surface area (Å²) in [5.41, 5.74) is 0. The number of ether oxygens (including phenoxy) is 2. The first kappa shape index (κ1) is 14.3. The lowest BCUT2D eigenvalue weighted by atomic mass is 10.2. The second-order valence-corrected chi connectivity index (χ2v) is 3.51. The highest BCUT2D eigenvalue weighted by molar-refractivity contribution is 5.48. The van der Waals surface area contributed by atoms with Crippen LogP contribution in [0, 0.1) is 0 Å². The molecule has 6 heteroatoms. The predicted molar refractivity (Wildman–Crippen MR) is 58.5 cm³/mol. The van der Waals surface area contributed by atoms with Gasteiger partial charge in [0.2, 0.25) is 0 Å². The van der Waals surface area contributed by atoms with E-state index in [0.29, 0.717) is 19.3 Å². The molecule has 0 saturated heterocycles. The van der Waals surface area contributed by atoms with Crippen LogP contribution in [0.4, 0.5) is 13.2 Å². The molecule has 0 heterocycles. The van der Waals surface area contributed by atoms with Crippen LogP contribution >= 0.6 is 0 Å². The fourth-order valence-corrected chi connectivity index (χ4v) is 1.29. The molecule has 0 radical (unpaired) electrons. The maximum Gasteiger partial charge on any atom is 0.573 e. The number of unbranched alkanes of at least 4 members (excludes halogenated alkanes) is 2. The Hall–Kier alpha value is -1.72. The highest BCUT2D eigenvalue weighted by Crippen LogP contribution is 2.31. The fourth-order valence-electron chi connectivity index (χ4n) is 1.29. The molecule has 0 bridgehead atoms. The molecule has 0 aliphatic rings. The fraction of sp³-hybridized carbons (Fsp3) is 0.417. The summed E-state index contributed by atoms with van der Waals surface area (Å²) in [6, 6.07) is 5.58. The Kier molecular flexibility index (Phi) is 5.48. The van der Waals surface area contributed by atoms with E-state index in [1.54, 1.807) is 6.07 Å². The maximum atomic E-state index is 12.1. The van der Waals surface area contributed by atoms with Crippen LogP contribution in [0.25, 0.3) is 0 Å². The quantitative estimate of drug-likeness (QED) is 0.558. The summed E-state index contributed by atoms with van der Waals surface area (Å²) in [5.74, 6) is -0.318. The van der Waals surface area contributed by atoms with E-state index in [2.05, 4.69) is 4.74 Å². The molecule has 0 fully saturated rings. The van der Waals surface area contributed by atoms with Crippen molar-refractivity contribution >= 4 is 6.29 Å². The maximum absolute atomic E-state index is 12.1. The minimum atomic E-state index is -4.74. The number of hydrogen-bond donors (Lipinski definition) is 0. The Morgan fingerprint density at radius 2 is 1.78 bits per heavy atom. The lowest BCUT2D eigenvalue weighted by molar-refractivity contribution is -0.275. The molecule has 1 aromatic carbocycles. The smallest absolute Gasteiger partial charge is 0.490 e. The molecule has 0 atom stereocenters. The molecule has 1 rings (SSSR count). The van der Waals surface area contributed by atoms with Crippen LogP contribution in [-0.4, -0.2) is 19.3 Å². The number of alkyl halides is 3. The Balaban J connectivity index is 2.51. The molecule has 1 aromatic rings. The number of halogens is 3. The van der Waals surface area contributed by atoms with E-state index >= 15 is 0 Å². The Bertz CT molecular complexity index is 377. The highest BCUT2D eigenvalue weighted by atomic mass is 19.4. The van der Waals surface area contributed by atoms with Gasteiger partial charge in [-0.25, -0.2) is 0 Å². The van der Waals surface area contributed by atoms with Gasteiger partial charge in [-0.2, -0.15) is 0 Å². The van der Waals surface area contributed by atoms with Crippen molar-refractivity contribution in [1.82, 2.24) is 0 Å². The molecule has 100 valence electrons. The van der Waals surface area contributed by atoms with E-state index in [1.807, 2.05) is 0 Å².